The molecule has 0 N–H and O–H groups in total. The standard InChI is InChI=1S/C17H18BrNO/c1-19(2)15-9-6-13(7-10-15)4-5-14-8-11-17(20-3)16(18)12-14/h4-12H,1-3H3/b5-4+. The van der Waals surface area contributed by atoms with Crippen molar-refractivity contribution in [1.29, 1.82) is 0 Å². The molecule has 20 heavy (non-hydrogen) atoms. The van der Waals surface area contributed by atoms with Gasteiger partial charge in [0.2, 0.25) is 0 Å². The Labute approximate surface area is 128 Å². The summed E-state index contributed by atoms with van der Waals surface area (Å²) in [6, 6.07) is 14.5. The van der Waals surface area contributed by atoms with E-state index in [0.717, 1.165) is 15.8 Å². The van der Waals surface area contributed by atoms with Crippen molar-refractivity contribution in [2.75, 3.05) is 26.1 Å². The third-order valence-electron chi connectivity index (χ3n) is 3.05. The number of benzene rings is 2. The molecule has 104 valence electrons. The molecule has 3 heteroatoms. The summed E-state index contributed by atoms with van der Waals surface area (Å²) < 4.78 is 6.19. The third kappa shape index (κ3) is 3.64. The molecule has 0 saturated heterocycles. The molecule has 0 spiro atoms. The van der Waals surface area contributed by atoms with Crippen LogP contribution >= 0.6 is 15.9 Å². The van der Waals surface area contributed by atoms with Crippen LogP contribution < -0.4 is 9.64 Å². The topological polar surface area (TPSA) is 12.5 Å². The summed E-state index contributed by atoms with van der Waals surface area (Å²) in [6.07, 6.45) is 4.20. The molecule has 0 saturated carbocycles. The van der Waals surface area contributed by atoms with Gasteiger partial charge in [0.15, 0.2) is 0 Å². The number of hydrogen-bond acceptors (Lipinski definition) is 2. The highest BCUT2D eigenvalue weighted by Gasteiger charge is 1.99. The fourth-order valence-electron chi connectivity index (χ4n) is 1.86. The molecule has 2 aromatic carbocycles. The maximum absolute atomic E-state index is 5.22. The maximum atomic E-state index is 5.22. The highest BCUT2D eigenvalue weighted by Crippen LogP contribution is 2.26. The molecule has 0 bridgehead atoms. The van der Waals surface area contributed by atoms with Gasteiger partial charge >= 0.3 is 0 Å². The third-order valence-corrected chi connectivity index (χ3v) is 3.67. The Balaban J connectivity index is 2.14. The number of nitrogens with zero attached hydrogens (tertiary/aromatic N) is 1. The average Bonchev–Trinajstić information content (AvgIpc) is 2.45. The normalized spacial score (nSPS) is 10.8. The Morgan fingerprint density at radius 3 is 2.10 bits per heavy atom. The van der Waals surface area contributed by atoms with Gasteiger partial charge in [0.1, 0.15) is 5.75 Å². The Bertz CT molecular complexity index is 603. The Morgan fingerprint density at radius 2 is 1.55 bits per heavy atom. The first-order valence-corrected chi connectivity index (χ1v) is 7.18. The lowest BCUT2D eigenvalue weighted by Gasteiger charge is -2.11. The Kier molecular flexibility index (Phi) is 4.85. The average molecular weight is 332 g/mol. The van der Waals surface area contributed by atoms with E-state index in [0.29, 0.717) is 0 Å². The summed E-state index contributed by atoms with van der Waals surface area (Å²) >= 11 is 3.49. The van der Waals surface area contributed by atoms with Crippen molar-refractivity contribution in [2.45, 2.75) is 0 Å². The van der Waals surface area contributed by atoms with E-state index in [-0.39, 0.29) is 0 Å². The second-order valence-corrected chi connectivity index (χ2v) is 5.57. The van der Waals surface area contributed by atoms with Gasteiger partial charge in [-0.25, -0.2) is 0 Å². The summed E-state index contributed by atoms with van der Waals surface area (Å²) in [7, 11) is 5.75. The smallest absolute Gasteiger partial charge is 0.133 e. The SMILES string of the molecule is COc1ccc(/C=C/c2ccc(N(C)C)cc2)cc1Br. The largest absolute Gasteiger partial charge is 0.496 e. The van der Waals surface area contributed by atoms with Gasteiger partial charge in [-0.3, -0.25) is 0 Å². The second kappa shape index (κ2) is 6.62. The zero-order valence-electron chi connectivity index (χ0n) is 11.9. The number of anilines is 1. The predicted octanol–water partition coefficient (Wildman–Crippen LogP) is 4.69. The van der Waals surface area contributed by atoms with E-state index in [1.54, 1.807) is 7.11 Å². The lowest BCUT2D eigenvalue weighted by atomic mass is 10.1. The first kappa shape index (κ1) is 14.7. The molecule has 0 atom stereocenters. The molecular formula is C17H18BrNO. The van der Waals surface area contributed by atoms with E-state index in [1.165, 1.54) is 11.3 Å². The van der Waals surface area contributed by atoms with E-state index in [2.05, 4.69) is 57.2 Å². The minimum absolute atomic E-state index is 0.845. The van der Waals surface area contributed by atoms with Crippen LogP contribution in [-0.4, -0.2) is 21.2 Å². The Morgan fingerprint density at radius 1 is 0.950 bits per heavy atom. The van der Waals surface area contributed by atoms with Gasteiger partial charge in [0.05, 0.1) is 11.6 Å². The fourth-order valence-corrected chi connectivity index (χ4v) is 2.42. The number of methoxy groups -OCH3 is 1. The van der Waals surface area contributed by atoms with Crippen molar-refractivity contribution >= 4 is 33.8 Å². The summed E-state index contributed by atoms with van der Waals surface area (Å²) in [5.74, 6) is 0.845. The van der Waals surface area contributed by atoms with Crippen molar-refractivity contribution in [3.05, 3.63) is 58.1 Å². The van der Waals surface area contributed by atoms with Crippen molar-refractivity contribution in [3.8, 4) is 5.75 Å². The summed E-state index contributed by atoms with van der Waals surface area (Å²) in [5.41, 5.74) is 3.52. The van der Waals surface area contributed by atoms with Gasteiger partial charge in [0.25, 0.3) is 0 Å². The summed E-state index contributed by atoms with van der Waals surface area (Å²) in [6.45, 7) is 0. The lowest BCUT2D eigenvalue weighted by molar-refractivity contribution is 0.412. The van der Waals surface area contributed by atoms with Gasteiger partial charge in [-0.05, 0) is 51.3 Å². The number of hydrogen-bond donors (Lipinski definition) is 0. The molecule has 2 aromatic rings. The zero-order valence-corrected chi connectivity index (χ0v) is 13.5. The maximum Gasteiger partial charge on any atom is 0.133 e. The van der Waals surface area contributed by atoms with Crippen LogP contribution in [0.3, 0.4) is 0 Å². The second-order valence-electron chi connectivity index (χ2n) is 4.71. The monoisotopic (exact) mass is 331 g/mol. The van der Waals surface area contributed by atoms with Crippen molar-refractivity contribution in [3.63, 3.8) is 0 Å². The molecule has 0 aliphatic heterocycles. The van der Waals surface area contributed by atoms with Crippen molar-refractivity contribution in [1.82, 2.24) is 0 Å². The highest BCUT2D eigenvalue weighted by molar-refractivity contribution is 9.10. The van der Waals surface area contributed by atoms with Gasteiger partial charge < -0.3 is 9.64 Å². The van der Waals surface area contributed by atoms with Gasteiger partial charge in [-0.15, -0.1) is 0 Å². The molecule has 0 radical (unpaired) electrons. The van der Waals surface area contributed by atoms with Crippen LogP contribution in [-0.2, 0) is 0 Å². The van der Waals surface area contributed by atoms with Crippen LogP contribution in [0.1, 0.15) is 11.1 Å². The molecule has 0 heterocycles. The van der Waals surface area contributed by atoms with E-state index in [1.807, 2.05) is 32.3 Å². The van der Waals surface area contributed by atoms with Crippen LogP contribution in [0.2, 0.25) is 0 Å². The van der Waals surface area contributed by atoms with Crippen molar-refractivity contribution < 1.29 is 4.74 Å². The molecule has 0 amide bonds. The summed E-state index contributed by atoms with van der Waals surface area (Å²) in [5, 5.41) is 0. The number of halogens is 1. The summed E-state index contributed by atoms with van der Waals surface area (Å²) in [4.78, 5) is 2.09. The molecule has 2 rings (SSSR count). The highest BCUT2D eigenvalue weighted by atomic mass is 79.9. The number of rotatable bonds is 4. The predicted molar refractivity (Wildman–Crippen MR) is 90.4 cm³/mol. The number of ether oxygens (including phenoxy) is 1. The molecule has 2 nitrogen and oxygen atoms in total. The van der Waals surface area contributed by atoms with Gasteiger partial charge in [0, 0.05) is 19.8 Å². The molecule has 0 aliphatic rings. The van der Waals surface area contributed by atoms with E-state index >= 15 is 0 Å². The van der Waals surface area contributed by atoms with E-state index < -0.39 is 0 Å². The molecule has 0 aliphatic carbocycles. The lowest BCUT2D eigenvalue weighted by Crippen LogP contribution is -2.07. The first-order valence-electron chi connectivity index (χ1n) is 6.39. The van der Waals surface area contributed by atoms with E-state index in [9.17, 15) is 0 Å². The molecule has 0 unspecified atom stereocenters. The van der Waals surface area contributed by atoms with Crippen LogP contribution in [0.15, 0.2) is 46.9 Å². The zero-order chi connectivity index (χ0) is 14.5. The fraction of sp³-hybridized carbons (Fsp3) is 0.176. The molecular weight excluding hydrogens is 314 g/mol. The van der Waals surface area contributed by atoms with Gasteiger partial charge in [-0.2, -0.15) is 0 Å². The minimum Gasteiger partial charge on any atom is -0.496 e. The van der Waals surface area contributed by atoms with Crippen molar-refractivity contribution in [2.24, 2.45) is 0 Å². The van der Waals surface area contributed by atoms with Crippen LogP contribution in [0.4, 0.5) is 5.69 Å². The van der Waals surface area contributed by atoms with Crippen LogP contribution in [0, 0.1) is 0 Å². The van der Waals surface area contributed by atoms with Crippen LogP contribution in [0.5, 0.6) is 5.75 Å². The quantitative estimate of drug-likeness (QED) is 0.753. The first-order chi connectivity index (χ1) is 9.60. The molecule has 0 fully saturated rings. The van der Waals surface area contributed by atoms with Gasteiger partial charge in [-0.1, -0.05) is 30.4 Å². The minimum atomic E-state index is 0.845. The van der Waals surface area contributed by atoms with Crippen LogP contribution in [0.25, 0.3) is 12.2 Å². The van der Waals surface area contributed by atoms with E-state index in [4.69, 9.17) is 4.74 Å². The Hall–Kier alpha value is -1.74. The molecule has 0 aromatic heterocycles.